The molecule has 0 saturated heterocycles. The fraction of sp³-hybridized carbons (Fsp3) is 0.455. The summed E-state index contributed by atoms with van der Waals surface area (Å²) < 4.78 is 1.97. The van der Waals surface area contributed by atoms with Crippen LogP contribution in [0.25, 0.3) is 4.96 Å². The zero-order valence-electron chi connectivity index (χ0n) is 8.56. The molecule has 15 heavy (non-hydrogen) atoms. The first-order chi connectivity index (χ1) is 7.17. The molecule has 78 valence electrons. The van der Waals surface area contributed by atoms with Crippen LogP contribution in [-0.4, -0.2) is 15.2 Å². The molecule has 1 aliphatic rings. The Labute approximate surface area is 91.8 Å². The Hall–Kier alpha value is -1.16. The molecule has 2 aromatic heterocycles. The first-order valence-electron chi connectivity index (χ1n) is 5.12. The average Bonchev–Trinajstić information content (AvgIpc) is 2.64. The van der Waals surface area contributed by atoms with Crippen molar-refractivity contribution in [1.82, 2.24) is 9.38 Å². The summed E-state index contributed by atoms with van der Waals surface area (Å²) in [5, 5.41) is 2.00. The molecule has 4 heteroatoms. The summed E-state index contributed by atoms with van der Waals surface area (Å²) in [6.07, 6.45) is 6.52. The van der Waals surface area contributed by atoms with Crippen LogP contribution >= 0.6 is 11.3 Å². The van der Waals surface area contributed by atoms with Gasteiger partial charge in [-0.05, 0) is 12.8 Å². The van der Waals surface area contributed by atoms with Crippen LogP contribution in [0, 0.1) is 5.41 Å². The van der Waals surface area contributed by atoms with Crippen molar-refractivity contribution in [2.75, 3.05) is 0 Å². The lowest BCUT2D eigenvalue weighted by Crippen LogP contribution is -2.14. The minimum Gasteiger partial charge on any atom is -0.299 e. The highest BCUT2D eigenvalue weighted by Gasteiger charge is 2.44. The van der Waals surface area contributed by atoms with E-state index in [4.69, 9.17) is 0 Å². The number of thiazole rings is 1. The summed E-state index contributed by atoms with van der Waals surface area (Å²) in [4.78, 5) is 17.2. The molecule has 2 aromatic rings. The van der Waals surface area contributed by atoms with Gasteiger partial charge in [-0.3, -0.25) is 9.20 Å². The first-order valence-corrected chi connectivity index (χ1v) is 6.00. The van der Waals surface area contributed by atoms with Gasteiger partial charge in [-0.1, -0.05) is 6.92 Å². The summed E-state index contributed by atoms with van der Waals surface area (Å²) in [6, 6.07) is 0. The van der Waals surface area contributed by atoms with Gasteiger partial charge >= 0.3 is 0 Å². The van der Waals surface area contributed by atoms with Crippen LogP contribution in [0.4, 0.5) is 0 Å². The molecule has 3 nitrogen and oxygen atoms in total. The third-order valence-corrected chi connectivity index (χ3v) is 3.93. The van der Waals surface area contributed by atoms with E-state index in [0.717, 1.165) is 23.5 Å². The number of Topliss-reactive ketones (excluding diaryl/α,β-unsaturated/α-hetero) is 1. The predicted octanol–water partition coefficient (Wildman–Crippen LogP) is 2.31. The number of hydrogen-bond donors (Lipinski definition) is 0. The Balaban J connectivity index is 1.83. The Morgan fingerprint density at radius 3 is 3.13 bits per heavy atom. The van der Waals surface area contributed by atoms with Crippen molar-refractivity contribution < 1.29 is 4.79 Å². The van der Waals surface area contributed by atoms with Gasteiger partial charge in [0, 0.05) is 23.2 Å². The second kappa shape index (κ2) is 2.92. The maximum atomic E-state index is 11.8. The Kier molecular flexibility index (Phi) is 1.77. The maximum Gasteiger partial charge on any atom is 0.193 e. The molecular formula is C11H12N2OS. The molecule has 0 atom stereocenters. The molecule has 1 fully saturated rings. The lowest BCUT2D eigenvalue weighted by Gasteiger charge is -2.03. The van der Waals surface area contributed by atoms with Crippen LogP contribution < -0.4 is 0 Å². The fourth-order valence-electron chi connectivity index (χ4n) is 1.71. The van der Waals surface area contributed by atoms with Crippen LogP contribution in [0.3, 0.4) is 0 Å². The summed E-state index contributed by atoms with van der Waals surface area (Å²) in [7, 11) is 0. The molecule has 3 rings (SSSR count). The maximum absolute atomic E-state index is 11.8. The number of imidazole rings is 1. The molecule has 0 N–H and O–H groups in total. The smallest absolute Gasteiger partial charge is 0.193 e. The zero-order chi connectivity index (χ0) is 10.5. The lowest BCUT2D eigenvalue weighted by molar-refractivity contribution is -0.122. The Morgan fingerprint density at radius 2 is 2.47 bits per heavy atom. The fourth-order valence-corrected chi connectivity index (χ4v) is 2.42. The minimum atomic E-state index is -0.0307. The predicted molar refractivity (Wildman–Crippen MR) is 59.1 cm³/mol. The first kappa shape index (κ1) is 9.09. The normalized spacial score (nSPS) is 18.2. The van der Waals surface area contributed by atoms with E-state index in [2.05, 4.69) is 4.98 Å². The van der Waals surface area contributed by atoms with Gasteiger partial charge in [-0.25, -0.2) is 4.98 Å². The molecule has 0 unspecified atom stereocenters. The van der Waals surface area contributed by atoms with E-state index >= 15 is 0 Å². The van der Waals surface area contributed by atoms with Crippen molar-refractivity contribution in [3.05, 3.63) is 23.5 Å². The molecule has 0 bridgehead atoms. The highest BCUT2D eigenvalue weighted by molar-refractivity contribution is 7.15. The largest absolute Gasteiger partial charge is 0.299 e. The number of aromatic nitrogens is 2. The second-order valence-corrected chi connectivity index (χ2v) is 5.36. The number of carbonyl (C=O) groups is 1. The lowest BCUT2D eigenvalue weighted by atomic mass is 10.0. The molecule has 2 heterocycles. The molecule has 0 amide bonds. The van der Waals surface area contributed by atoms with Crippen LogP contribution in [0.15, 0.2) is 17.8 Å². The van der Waals surface area contributed by atoms with Gasteiger partial charge in [0.05, 0.1) is 12.1 Å². The average molecular weight is 220 g/mol. The van der Waals surface area contributed by atoms with E-state index in [9.17, 15) is 4.79 Å². The molecule has 0 aromatic carbocycles. The topological polar surface area (TPSA) is 34.4 Å². The van der Waals surface area contributed by atoms with Gasteiger partial charge in [-0.2, -0.15) is 0 Å². The van der Waals surface area contributed by atoms with E-state index in [-0.39, 0.29) is 5.41 Å². The second-order valence-electron chi connectivity index (χ2n) is 4.49. The minimum absolute atomic E-state index is 0.0307. The third kappa shape index (κ3) is 1.49. The number of ketones is 1. The van der Waals surface area contributed by atoms with Crippen LogP contribution in [0.2, 0.25) is 0 Å². The summed E-state index contributed by atoms with van der Waals surface area (Å²) in [6.45, 7) is 2.05. The zero-order valence-corrected chi connectivity index (χ0v) is 9.38. The van der Waals surface area contributed by atoms with Gasteiger partial charge in [-0.15, -0.1) is 11.3 Å². The van der Waals surface area contributed by atoms with Gasteiger partial charge in [0.2, 0.25) is 0 Å². The van der Waals surface area contributed by atoms with Crippen molar-refractivity contribution in [3.63, 3.8) is 0 Å². The standard InChI is InChI=1S/C11H12N2OS/c1-11(2-3-11)9(14)6-8-7-13-4-5-15-10(13)12-8/h4-5,7H,2-3,6H2,1H3. The number of carbonyl (C=O) groups excluding carboxylic acids is 1. The molecular weight excluding hydrogens is 208 g/mol. The van der Waals surface area contributed by atoms with Crippen molar-refractivity contribution in [1.29, 1.82) is 0 Å². The van der Waals surface area contributed by atoms with Gasteiger partial charge in [0.15, 0.2) is 4.96 Å². The third-order valence-electron chi connectivity index (χ3n) is 3.16. The van der Waals surface area contributed by atoms with Crippen LogP contribution in [0.5, 0.6) is 0 Å². The van der Waals surface area contributed by atoms with Gasteiger partial charge in [0.1, 0.15) is 5.78 Å². The Bertz CT molecular complexity index is 493. The van der Waals surface area contributed by atoms with Crippen molar-refractivity contribution in [3.8, 4) is 0 Å². The van der Waals surface area contributed by atoms with Gasteiger partial charge in [0.25, 0.3) is 0 Å². The van der Waals surface area contributed by atoms with Crippen molar-refractivity contribution >= 4 is 22.1 Å². The van der Waals surface area contributed by atoms with Crippen molar-refractivity contribution in [2.45, 2.75) is 26.2 Å². The van der Waals surface area contributed by atoms with Crippen molar-refractivity contribution in [2.24, 2.45) is 5.41 Å². The number of nitrogens with zero attached hydrogens (tertiary/aromatic N) is 2. The van der Waals surface area contributed by atoms with E-state index in [0.29, 0.717) is 12.2 Å². The molecule has 0 radical (unpaired) electrons. The highest BCUT2D eigenvalue weighted by atomic mass is 32.1. The quantitative estimate of drug-likeness (QED) is 0.795. The molecule has 1 aliphatic carbocycles. The molecule has 0 spiro atoms. The van der Waals surface area contributed by atoms with Crippen LogP contribution in [0.1, 0.15) is 25.5 Å². The highest BCUT2D eigenvalue weighted by Crippen LogP contribution is 2.46. The molecule has 1 saturated carbocycles. The molecule has 0 aliphatic heterocycles. The number of fused-ring (bicyclic) bond motifs is 1. The van der Waals surface area contributed by atoms with E-state index in [1.807, 2.05) is 29.1 Å². The van der Waals surface area contributed by atoms with Crippen LogP contribution in [-0.2, 0) is 11.2 Å². The summed E-state index contributed by atoms with van der Waals surface area (Å²) in [5.74, 6) is 0.341. The van der Waals surface area contributed by atoms with Gasteiger partial charge < -0.3 is 0 Å². The number of hydrogen-bond acceptors (Lipinski definition) is 3. The number of rotatable bonds is 3. The summed E-state index contributed by atoms with van der Waals surface area (Å²) >= 11 is 1.60. The van der Waals surface area contributed by atoms with E-state index in [1.54, 1.807) is 11.3 Å². The monoisotopic (exact) mass is 220 g/mol. The SMILES string of the molecule is CC1(C(=O)Cc2cn3ccsc3n2)CC1. The van der Waals surface area contributed by atoms with E-state index < -0.39 is 0 Å². The summed E-state index contributed by atoms with van der Waals surface area (Å²) in [5.41, 5.74) is 0.872. The Morgan fingerprint density at radius 1 is 1.67 bits per heavy atom. The van der Waals surface area contributed by atoms with E-state index in [1.165, 1.54) is 0 Å².